The molecule has 0 aliphatic carbocycles. The van der Waals surface area contributed by atoms with Crippen molar-refractivity contribution < 1.29 is 19.2 Å². The Hall–Kier alpha value is -1.92. The van der Waals surface area contributed by atoms with Crippen LogP contribution in [0.25, 0.3) is 0 Å². The van der Waals surface area contributed by atoms with Crippen molar-refractivity contribution in [3.8, 4) is 0 Å². The number of rotatable bonds is 2. The molecule has 0 radical (unpaired) electrons. The SMILES string of the molecule is O=C1CC(C(=O)NC2CCC(=O)NC2=O)CN1. The van der Waals surface area contributed by atoms with Crippen LogP contribution < -0.4 is 16.0 Å². The lowest BCUT2D eigenvalue weighted by atomic mass is 10.0. The summed E-state index contributed by atoms with van der Waals surface area (Å²) in [4.78, 5) is 45.0. The van der Waals surface area contributed by atoms with Gasteiger partial charge >= 0.3 is 0 Å². The van der Waals surface area contributed by atoms with Crippen molar-refractivity contribution in [1.29, 1.82) is 0 Å². The predicted molar refractivity (Wildman–Crippen MR) is 55.4 cm³/mol. The van der Waals surface area contributed by atoms with E-state index < -0.39 is 17.9 Å². The summed E-state index contributed by atoms with van der Waals surface area (Å²) in [6.45, 7) is 0.304. The van der Waals surface area contributed by atoms with Gasteiger partial charge in [0.15, 0.2) is 0 Å². The second-order valence-corrected chi connectivity index (χ2v) is 4.22. The zero-order valence-electron chi connectivity index (χ0n) is 9.12. The summed E-state index contributed by atoms with van der Waals surface area (Å²) in [6.07, 6.45) is 0.683. The minimum atomic E-state index is -0.670. The van der Waals surface area contributed by atoms with Gasteiger partial charge in [0, 0.05) is 19.4 Å². The van der Waals surface area contributed by atoms with Crippen LogP contribution in [0.15, 0.2) is 0 Å². The van der Waals surface area contributed by atoms with Crippen molar-refractivity contribution in [3.05, 3.63) is 0 Å². The predicted octanol–water partition coefficient (Wildman–Crippen LogP) is -1.96. The number of carbonyl (C=O) groups excluding carboxylic acids is 4. The molecule has 3 N–H and O–H groups in total. The van der Waals surface area contributed by atoms with Gasteiger partial charge in [-0.25, -0.2) is 0 Å². The maximum Gasteiger partial charge on any atom is 0.249 e. The van der Waals surface area contributed by atoms with Crippen molar-refractivity contribution in [1.82, 2.24) is 16.0 Å². The topological polar surface area (TPSA) is 104 Å². The minimum absolute atomic E-state index is 0.152. The lowest BCUT2D eigenvalue weighted by Crippen LogP contribution is -2.53. The molecule has 0 spiro atoms. The standard InChI is InChI=1S/C10H13N3O4/c14-7-2-1-6(10(17)13-7)12-9(16)5-3-8(15)11-4-5/h5-6H,1-4H2,(H,11,15)(H,12,16)(H,13,14,17). The molecule has 17 heavy (non-hydrogen) atoms. The zero-order chi connectivity index (χ0) is 12.4. The van der Waals surface area contributed by atoms with Crippen LogP contribution in [0.2, 0.25) is 0 Å². The van der Waals surface area contributed by atoms with Crippen LogP contribution in [0.4, 0.5) is 0 Å². The van der Waals surface area contributed by atoms with E-state index in [2.05, 4.69) is 16.0 Å². The molecule has 7 heteroatoms. The molecule has 92 valence electrons. The highest BCUT2D eigenvalue weighted by molar-refractivity contribution is 6.02. The fourth-order valence-corrected chi connectivity index (χ4v) is 1.91. The second-order valence-electron chi connectivity index (χ2n) is 4.22. The molecule has 0 aromatic carbocycles. The van der Waals surface area contributed by atoms with Gasteiger partial charge in [0.25, 0.3) is 0 Å². The highest BCUT2D eigenvalue weighted by Gasteiger charge is 2.33. The normalized spacial score (nSPS) is 28.6. The van der Waals surface area contributed by atoms with E-state index in [4.69, 9.17) is 0 Å². The number of hydrogen-bond acceptors (Lipinski definition) is 4. The monoisotopic (exact) mass is 239 g/mol. The molecule has 2 atom stereocenters. The molecular weight excluding hydrogens is 226 g/mol. The van der Waals surface area contributed by atoms with E-state index in [1.807, 2.05) is 0 Å². The summed E-state index contributed by atoms with van der Waals surface area (Å²) in [5.41, 5.74) is 0. The van der Waals surface area contributed by atoms with Gasteiger partial charge in [-0.3, -0.25) is 24.5 Å². The summed E-state index contributed by atoms with van der Waals surface area (Å²) in [7, 11) is 0. The fourth-order valence-electron chi connectivity index (χ4n) is 1.91. The van der Waals surface area contributed by atoms with E-state index in [1.54, 1.807) is 0 Å². The summed E-state index contributed by atoms with van der Waals surface area (Å²) in [5, 5.41) is 7.27. The lowest BCUT2D eigenvalue weighted by molar-refractivity contribution is -0.138. The average molecular weight is 239 g/mol. The lowest BCUT2D eigenvalue weighted by Gasteiger charge is -2.22. The summed E-state index contributed by atoms with van der Waals surface area (Å²) >= 11 is 0. The fraction of sp³-hybridized carbons (Fsp3) is 0.600. The molecule has 2 rings (SSSR count). The highest BCUT2D eigenvalue weighted by atomic mass is 16.2. The first kappa shape index (κ1) is 11.6. The molecule has 0 saturated carbocycles. The van der Waals surface area contributed by atoms with Crippen molar-refractivity contribution >= 4 is 23.6 Å². The van der Waals surface area contributed by atoms with Crippen LogP contribution in [-0.4, -0.2) is 36.2 Å². The number of piperidine rings is 1. The van der Waals surface area contributed by atoms with E-state index >= 15 is 0 Å². The molecule has 2 saturated heterocycles. The third-order valence-corrected chi connectivity index (χ3v) is 2.90. The van der Waals surface area contributed by atoms with Crippen LogP contribution in [-0.2, 0) is 19.2 Å². The zero-order valence-corrected chi connectivity index (χ0v) is 9.12. The van der Waals surface area contributed by atoms with Crippen LogP contribution in [0.1, 0.15) is 19.3 Å². The van der Waals surface area contributed by atoms with Gasteiger partial charge in [0.05, 0.1) is 5.92 Å². The molecule has 0 bridgehead atoms. The Balaban J connectivity index is 1.88. The average Bonchev–Trinajstić information content (AvgIpc) is 2.69. The molecule has 0 aromatic rings. The van der Waals surface area contributed by atoms with Gasteiger partial charge in [0.1, 0.15) is 6.04 Å². The van der Waals surface area contributed by atoms with Gasteiger partial charge in [-0.05, 0) is 6.42 Å². The van der Waals surface area contributed by atoms with E-state index in [9.17, 15) is 19.2 Å². The van der Waals surface area contributed by atoms with Gasteiger partial charge in [-0.15, -0.1) is 0 Å². The Morgan fingerprint density at radius 2 is 2.00 bits per heavy atom. The number of amides is 4. The number of hydrogen-bond donors (Lipinski definition) is 3. The van der Waals surface area contributed by atoms with Gasteiger partial charge in [0.2, 0.25) is 23.6 Å². The number of nitrogens with one attached hydrogen (secondary N) is 3. The van der Waals surface area contributed by atoms with E-state index in [0.29, 0.717) is 13.0 Å². The quantitative estimate of drug-likeness (QED) is 0.487. The van der Waals surface area contributed by atoms with Crippen molar-refractivity contribution in [2.45, 2.75) is 25.3 Å². The highest BCUT2D eigenvalue weighted by Crippen LogP contribution is 2.11. The molecule has 2 aliphatic heterocycles. The van der Waals surface area contributed by atoms with Crippen LogP contribution in [0, 0.1) is 5.92 Å². The summed E-state index contributed by atoms with van der Waals surface area (Å²) < 4.78 is 0. The molecule has 7 nitrogen and oxygen atoms in total. The van der Waals surface area contributed by atoms with Gasteiger partial charge < -0.3 is 10.6 Å². The first-order valence-corrected chi connectivity index (χ1v) is 5.47. The smallest absolute Gasteiger partial charge is 0.249 e. The molecule has 2 heterocycles. The Labute approximate surface area is 97.3 Å². The molecular formula is C10H13N3O4. The van der Waals surface area contributed by atoms with Crippen LogP contribution in [0.3, 0.4) is 0 Å². The summed E-state index contributed by atoms with van der Waals surface area (Å²) in [6, 6.07) is -0.670. The number of imide groups is 1. The Kier molecular flexibility index (Phi) is 3.08. The Bertz CT molecular complexity index is 393. The molecule has 2 unspecified atom stereocenters. The number of carbonyl (C=O) groups is 4. The van der Waals surface area contributed by atoms with Crippen molar-refractivity contribution in [2.75, 3.05) is 6.54 Å². The van der Waals surface area contributed by atoms with Gasteiger partial charge in [-0.1, -0.05) is 0 Å². The van der Waals surface area contributed by atoms with Crippen molar-refractivity contribution in [3.63, 3.8) is 0 Å². The minimum Gasteiger partial charge on any atom is -0.355 e. The largest absolute Gasteiger partial charge is 0.355 e. The summed E-state index contributed by atoms with van der Waals surface area (Å²) in [5.74, 6) is -1.70. The Morgan fingerprint density at radius 1 is 1.24 bits per heavy atom. The first-order chi connectivity index (χ1) is 8.06. The van der Waals surface area contributed by atoms with Gasteiger partial charge in [-0.2, -0.15) is 0 Å². The van der Waals surface area contributed by atoms with Crippen LogP contribution in [0.5, 0.6) is 0 Å². The van der Waals surface area contributed by atoms with E-state index in [0.717, 1.165) is 0 Å². The molecule has 0 aromatic heterocycles. The van der Waals surface area contributed by atoms with E-state index in [-0.39, 0.29) is 30.6 Å². The first-order valence-electron chi connectivity index (χ1n) is 5.47. The maximum absolute atomic E-state index is 11.7. The Morgan fingerprint density at radius 3 is 2.59 bits per heavy atom. The van der Waals surface area contributed by atoms with E-state index in [1.165, 1.54) is 0 Å². The molecule has 2 aliphatic rings. The van der Waals surface area contributed by atoms with Crippen LogP contribution >= 0.6 is 0 Å². The third-order valence-electron chi connectivity index (χ3n) is 2.90. The third kappa shape index (κ3) is 2.61. The molecule has 4 amide bonds. The second kappa shape index (κ2) is 4.52. The van der Waals surface area contributed by atoms with Crippen molar-refractivity contribution in [2.24, 2.45) is 5.92 Å². The maximum atomic E-state index is 11.7. The molecule has 2 fully saturated rings.